The van der Waals surface area contributed by atoms with E-state index in [2.05, 4.69) is 42.5 Å². The summed E-state index contributed by atoms with van der Waals surface area (Å²) in [5, 5.41) is 12.0. The zero-order chi connectivity index (χ0) is 15.5. The normalized spacial score (nSPS) is 12.6. The predicted molar refractivity (Wildman–Crippen MR) is 90.6 cm³/mol. The second-order valence-corrected chi connectivity index (χ2v) is 5.99. The molecule has 3 nitrogen and oxygen atoms in total. The van der Waals surface area contributed by atoms with Crippen molar-refractivity contribution in [2.45, 2.75) is 84.6 Å². The van der Waals surface area contributed by atoms with Crippen LogP contribution in [0, 0.1) is 6.92 Å². The third-order valence-corrected chi connectivity index (χ3v) is 4.18. The molecule has 1 aromatic rings. The molecule has 0 amide bonds. The van der Waals surface area contributed by atoms with Gasteiger partial charge in [0.2, 0.25) is 0 Å². The van der Waals surface area contributed by atoms with E-state index < -0.39 is 0 Å². The highest BCUT2D eigenvalue weighted by atomic mass is 15.1. The SMILES string of the molecule is CCCCCCCCCC(NC)c1cc(C)nnc1CC. The summed E-state index contributed by atoms with van der Waals surface area (Å²) in [6.45, 7) is 6.45. The van der Waals surface area contributed by atoms with E-state index in [1.165, 1.54) is 56.9 Å². The smallest absolute Gasteiger partial charge is 0.0676 e. The summed E-state index contributed by atoms with van der Waals surface area (Å²) in [5.41, 5.74) is 3.50. The molecule has 0 fully saturated rings. The van der Waals surface area contributed by atoms with Crippen molar-refractivity contribution in [3.05, 3.63) is 23.0 Å². The fourth-order valence-electron chi connectivity index (χ4n) is 2.87. The molecule has 3 heteroatoms. The minimum atomic E-state index is 0.421. The van der Waals surface area contributed by atoms with Crippen molar-refractivity contribution < 1.29 is 0 Å². The number of hydrogen-bond acceptors (Lipinski definition) is 3. The lowest BCUT2D eigenvalue weighted by Gasteiger charge is -2.19. The van der Waals surface area contributed by atoms with Gasteiger partial charge in [0.25, 0.3) is 0 Å². The maximum absolute atomic E-state index is 4.35. The second-order valence-electron chi connectivity index (χ2n) is 5.99. The van der Waals surface area contributed by atoms with Crippen LogP contribution in [0.4, 0.5) is 0 Å². The molecule has 1 unspecified atom stereocenters. The fourth-order valence-corrected chi connectivity index (χ4v) is 2.87. The van der Waals surface area contributed by atoms with E-state index in [4.69, 9.17) is 0 Å². The average Bonchev–Trinajstić information content (AvgIpc) is 2.50. The summed E-state index contributed by atoms with van der Waals surface area (Å²) in [5.74, 6) is 0. The van der Waals surface area contributed by atoms with Gasteiger partial charge in [0.1, 0.15) is 0 Å². The van der Waals surface area contributed by atoms with Gasteiger partial charge in [0.15, 0.2) is 0 Å². The second kappa shape index (κ2) is 10.7. The topological polar surface area (TPSA) is 37.8 Å². The van der Waals surface area contributed by atoms with Crippen molar-refractivity contribution in [3.8, 4) is 0 Å². The zero-order valence-electron chi connectivity index (χ0n) is 14.4. The molecule has 0 aliphatic rings. The maximum Gasteiger partial charge on any atom is 0.0676 e. The van der Waals surface area contributed by atoms with E-state index >= 15 is 0 Å². The number of aromatic nitrogens is 2. The molecule has 1 rings (SSSR count). The van der Waals surface area contributed by atoms with Crippen molar-refractivity contribution in [3.63, 3.8) is 0 Å². The van der Waals surface area contributed by atoms with E-state index in [0.717, 1.165) is 17.8 Å². The highest BCUT2D eigenvalue weighted by Gasteiger charge is 2.14. The van der Waals surface area contributed by atoms with Gasteiger partial charge >= 0.3 is 0 Å². The first kappa shape index (κ1) is 18.1. The van der Waals surface area contributed by atoms with E-state index in [1.807, 2.05) is 6.92 Å². The van der Waals surface area contributed by atoms with Crippen LogP contribution in [0.25, 0.3) is 0 Å². The number of unbranched alkanes of at least 4 members (excludes halogenated alkanes) is 6. The molecule has 0 aromatic carbocycles. The van der Waals surface area contributed by atoms with Crippen LogP contribution >= 0.6 is 0 Å². The quantitative estimate of drug-likeness (QED) is 0.598. The lowest BCUT2D eigenvalue weighted by atomic mass is 9.97. The number of nitrogens with zero attached hydrogens (tertiary/aromatic N) is 2. The minimum Gasteiger partial charge on any atom is -0.313 e. The lowest BCUT2D eigenvalue weighted by Crippen LogP contribution is -2.19. The Balaban J connectivity index is 2.42. The van der Waals surface area contributed by atoms with Crippen molar-refractivity contribution in [1.82, 2.24) is 15.5 Å². The van der Waals surface area contributed by atoms with Crippen molar-refractivity contribution in [1.29, 1.82) is 0 Å². The van der Waals surface area contributed by atoms with Gasteiger partial charge in [-0.3, -0.25) is 0 Å². The van der Waals surface area contributed by atoms with E-state index in [0.29, 0.717) is 6.04 Å². The molecule has 120 valence electrons. The Morgan fingerprint density at radius 2 is 1.67 bits per heavy atom. The molecular formula is C18H33N3. The molecule has 0 saturated carbocycles. The minimum absolute atomic E-state index is 0.421. The first-order valence-corrected chi connectivity index (χ1v) is 8.73. The highest BCUT2D eigenvalue weighted by Crippen LogP contribution is 2.23. The van der Waals surface area contributed by atoms with Crippen LogP contribution in [0.15, 0.2) is 6.07 Å². The van der Waals surface area contributed by atoms with Gasteiger partial charge in [-0.1, -0.05) is 58.8 Å². The Morgan fingerprint density at radius 3 is 2.29 bits per heavy atom. The van der Waals surface area contributed by atoms with Crippen LogP contribution in [0.2, 0.25) is 0 Å². The molecular weight excluding hydrogens is 258 g/mol. The third-order valence-electron chi connectivity index (χ3n) is 4.18. The lowest BCUT2D eigenvalue weighted by molar-refractivity contribution is 0.490. The molecule has 1 atom stereocenters. The Hall–Kier alpha value is -0.960. The predicted octanol–water partition coefficient (Wildman–Crippen LogP) is 4.75. The molecule has 1 N–H and O–H groups in total. The summed E-state index contributed by atoms with van der Waals surface area (Å²) in [4.78, 5) is 0. The maximum atomic E-state index is 4.35. The third kappa shape index (κ3) is 6.56. The zero-order valence-corrected chi connectivity index (χ0v) is 14.4. The number of rotatable bonds is 11. The molecule has 0 aliphatic carbocycles. The number of aryl methyl sites for hydroxylation is 2. The van der Waals surface area contributed by atoms with Gasteiger partial charge in [-0.25, -0.2) is 0 Å². The van der Waals surface area contributed by atoms with Gasteiger partial charge in [0, 0.05) is 6.04 Å². The Bertz CT molecular complexity index is 390. The summed E-state index contributed by atoms with van der Waals surface area (Å²) in [6, 6.07) is 2.62. The van der Waals surface area contributed by atoms with Crippen LogP contribution < -0.4 is 5.32 Å². The van der Waals surface area contributed by atoms with Crippen LogP contribution in [0.3, 0.4) is 0 Å². The Kier molecular flexibility index (Phi) is 9.24. The van der Waals surface area contributed by atoms with Gasteiger partial charge in [0.05, 0.1) is 11.4 Å². The number of hydrogen-bond donors (Lipinski definition) is 1. The van der Waals surface area contributed by atoms with Gasteiger partial charge in [-0.15, -0.1) is 0 Å². The Labute approximate surface area is 130 Å². The molecule has 1 aromatic heterocycles. The fraction of sp³-hybridized carbons (Fsp3) is 0.778. The van der Waals surface area contributed by atoms with Crippen molar-refractivity contribution >= 4 is 0 Å². The van der Waals surface area contributed by atoms with Gasteiger partial charge in [-0.05, 0) is 38.4 Å². The number of nitrogens with one attached hydrogen (secondary N) is 1. The van der Waals surface area contributed by atoms with Crippen molar-refractivity contribution in [2.24, 2.45) is 0 Å². The summed E-state index contributed by atoms with van der Waals surface area (Å²) in [6.07, 6.45) is 11.7. The summed E-state index contributed by atoms with van der Waals surface area (Å²) in [7, 11) is 2.06. The molecule has 0 radical (unpaired) electrons. The first-order chi connectivity index (χ1) is 10.2. The van der Waals surface area contributed by atoms with Crippen LogP contribution in [0.5, 0.6) is 0 Å². The Morgan fingerprint density at radius 1 is 1.00 bits per heavy atom. The van der Waals surface area contributed by atoms with E-state index in [9.17, 15) is 0 Å². The average molecular weight is 291 g/mol. The summed E-state index contributed by atoms with van der Waals surface area (Å²) >= 11 is 0. The molecule has 21 heavy (non-hydrogen) atoms. The molecule has 0 saturated heterocycles. The molecule has 0 aliphatic heterocycles. The largest absolute Gasteiger partial charge is 0.313 e. The van der Waals surface area contributed by atoms with Crippen LogP contribution in [0.1, 0.15) is 88.2 Å². The molecule has 0 spiro atoms. The van der Waals surface area contributed by atoms with Crippen LogP contribution in [-0.4, -0.2) is 17.2 Å². The monoisotopic (exact) mass is 291 g/mol. The highest BCUT2D eigenvalue weighted by molar-refractivity contribution is 5.24. The standard InChI is InChI=1S/C18H33N3/c1-5-7-8-9-10-11-12-13-18(19-4)16-14-15(3)20-21-17(16)6-2/h14,18-19H,5-13H2,1-4H3. The van der Waals surface area contributed by atoms with E-state index in [-0.39, 0.29) is 0 Å². The molecule has 0 bridgehead atoms. The van der Waals surface area contributed by atoms with Crippen molar-refractivity contribution in [2.75, 3.05) is 7.05 Å². The van der Waals surface area contributed by atoms with Crippen LogP contribution in [-0.2, 0) is 6.42 Å². The molecule has 1 heterocycles. The first-order valence-electron chi connectivity index (χ1n) is 8.73. The van der Waals surface area contributed by atoms with E-state index in [1.54, 1.807) is 0 Å². The van der Waals surface area contributed by atoms with Gasteiger partial charge in [-0.2, -0.15) is 10.2 Å². The van der Waals surface area contributed by atoms with Gasteiger partial charge < -0.3 is 5.32 Å². The summed E-state index contributed by atoms with van der Waals surface area (Å²) < 4.78 is 0.